The Kier molecular flexibility index (Phi) is 5.74. The average molecular weight is 427 g/mol. The predicted molar refractivity (Wildman–Crippen MR) is 121 cm³/mol. The van der Waals surface area contributed by atoms with E-state index in [1.54, 1.807) is 0 Å². The topological polar surface area (TPSA) is 59.7 Å². The molecular formula is C23H30N4O2S. The van der Waals surface area contributed by atoms with E-state index in [9.17, 15) is 9.59 Å². The van der Waals surface area contributed by atoms with E-state index in [4.69, 9.17) is 0 Å². The zero-order chi connectivity index (χ0) is 20.5. The third-order valence-corrected chi connectivity index (χ3v) is 7.78. The number of aromatic amines is 1. The fourth-order valence-electron chi connectivity index (χ4n) is 5.06. The maximum Gasteiger partial charge on any atom is 0.270 e. The van der Waals surface area contributed by atoms with Crippen LogP contribution < -0.4 is 0 Å². The van der Waals surface area contributed by atoms with Crippen LogP contribution in [0.15, 0.2) is 24.3 Å². The van der Waals surface area contributed by atoms with E-state index in [1.807, 2.05) is 45.8 Å². The quantitative estimate of drug-likeness (QED) is 0.820. The number of nitrogens with one attached hydrogen (secondary N) is 1. The Bertz CT molecular complexity index is 922. The van der Waals surface area contributed by atoms with E-state index >= 15 is 0 Å². The van der Waals surface area contributed by atoms with Crippen molar-refractivity contribution in [3.05, 3.63) is 35.5 Å². The molecule has 6 nitrogen and oxygen atoms in total. The first-order chi connectivity index (χ1) is 14.7. The van der Waals surface area contributed by atoms with Gasteiger partial charge >= 0.3 is 0 Å². The highest BCUT2D eigenvalue weighted by molar-refractivity contribution is 7.99. The molecule has 0 spiro atoms. The highest BCUT2D eigenvalue weighted by Crippen LogP contribution is 2.25. The van der Waals surface area contributed by atoms with Crippen molar-refractivity contribution >= 4 is 34.5 Å². The van der Waals surface area contributed by atoms with Gasteiger partial charge in [0.15, 0.2) is 0 Å². The van der Waals surface area contributed by atoms with E-state index in [-0.39, 0.29) is 11.8 Å². The number of amides is 2. The van der Waals surface area contributed by atoms with E-state index in [0.29, 0.717) is 11.3 Å². The van der Waals surface area contributed by atoms with Gasteiger partial charge in [-0.1, -0.05) is 12.8 Å². The summed E-state index contributed by atoms with van der Waals surface area (Å²) in [5.74, 6) is 2.16. The number of carbonyl (C=O) groups is 2. The summed E-state index contributed by atoms with van der Waals surface area (Å²) in [4.78, 5) is 35.6. The monoisotopic (exact) mass is 426 g/mol. The van der Waals surface area contributed by atoms with Crippen LogP contribution in [-0.4, -0.2) is 88.3 Å². The molecule has 5 rings (SSSR count). The molecule has 1 saturated carbocycles. The SMILES string of the molecule is O=C(c1ccc2[nH]c(C(=O)N3CCSCC3)cc2c1)N1CCN(C2CCCC2)CC1. The molecule has 160 valence electrons. The van der Waals surface area contributed by atoms with Crippen LogP contribution in [0, 0.1) is 0 Å². The fourth-order valence-corrected chi connectivity index (χ4v) is 5.96. The lowest BCUT2D eigenvalue weighted by molar-refractivity contribution is 0.0573. The molecule has 1 aliphatic carbocycles. The highest BCUT2D eigenvalue weighted by atomic mass is 32.2. The molecule has 30 heavy (non-hydrogen) atoms. The molecule has 2 saturated heterocycles. The second kappa shape index (κ2) is 8.63. The Morgan fingerprint density at radius 3 is 2.30 bits per heavy atom. The maximum atomic E-state index is 13.1. The van der Waals surface area contributed by atoms with Gasteiger partial charge in [-0.15, -0.1) is 0 Å². The van der Waals surface area contributed by atoms with Gasteiger partial charge in [-0.2, -0.15) is 11.8 Å². The van der Waals surface area contributed by atoms with Crippen molar-refractivity contribution in [2.24, 2.45) is 0 Å². The van der Waals surface area contributed by atoms with Crippen molar-refractivity contribution in [3.63, 3.8) is 0 Å². The summed E-state index contributed by atoms with van der Waals surface area (Å²) >= 11 is 1.89. The highest BCUT2D eigenvalue weighted by Gasteiger charge is 2.28. The third-order valence-electron chi connectivity index (χ3n) is 6.84. The minimum atomic E-state index is 0.0578. The van der Waals surface area contributed by atoms with E-state index < -0.39 is 0 Å². The van der Waals surface area contributed by atoms with E-state index in [1.165, 1.54) is 25.7 Å². The van der Waals surface area contributed by atoms with Gasteiger partial charge in [0.2, 0.25) is 0 Å². The third kappa shape index (κ3) is 3.97. The average Bonchev–Trinajstić information content (AvgIpc) is 3.48. The lowest BCUT2D eigenvalue weighted by Crippen LogP contribution is -2.51. The van der Waals surface area contributed by atoms with Crippen molar-refractivity contribution in [1.29, 1.82) is 0 Å². The van der Waals surface area contributed by atoms with Gasteiger partial charge in [-0.05, 0) is 37.1 Å². The van der Waals surface area contributed by atoms with Crippen LogP contribution in [-0.2, 0) is 0 Å². The van der Waals surface area contributed by atoms with Gasteiger partial charge in [0.1, 0.15) is 5.69 Å². The van der Waals surface area contributed by atoms with Crippen molar-refractivity contribution in [2.45, 2.75) is 31.7 Å². The molecule has 1 aromatic carbocycles. The molecule has 2 amide bonds. The largest absolute Gasteiger partial charge is 0.351 e. The second-order valence-corrected chi connectivity index (χ2v) is 9.88. The van der Waals surface area contributed by atoms with Crippen LogP contribution in [0.2, 0.25) is 0 Å². The van der Waals surface area contributed by atoms with Crippen LogP contribution >= 0.6 is 11.8 Å². The van der Waals surface area contributed by atoms with Crippen LogP contribution in [0.3, 0.4) is 0 Å². The minimum absolute atomic E-state index is 0.0578. The Labute approximate surface area is 182 Å². The molecular weight excluding hydrogens is 396 g/mol. The number of H-pyrrole nitrogens is 1. The van der Waals surface area contributed by atoms with Gasteiger partial charge in [0, 0.05) is 73.3 Å². The Balaban J connectivity index is 1.26. The number of aromatic nitrogens is 1. The summed E-state index contributed by atoms with van der Waals surface area (Å²) < 4.78 is 0. The standard InChI is InChI=1S/C23H30N4O2S/c28-22(26-9-7-25(8-10-26)19-3-1-2-4-19)17-5-6-20-18(15-17)16-21(24-20)23(29)27-11-13-30-14-12-27/h5-6,15-16,19,24H,1-4,7-14H2. The molecule has 3 fully saturated rings. The Morgan fingerprint density at radius 1 is 0.867 bits per heavy atom. The molecule has 0 bridgehead atoms. The van der Waals surface area contributed by atoms with E-state index in [0.717, 1.165) is 67.7 Å². The first kappa shape index (κ1) is 19.9. The summed E-state index contributed by atoms with van der Waals surface area (Å²) in [6.45, 7) is 5.17. The molecule has 7 heteroatoms. The minimum Gasteiger partial charge on any atom is -0.351 e. The van der Waals surface area contributed by atoms with Gasteiger partial charge in [0.05, 0.1) is 0 Å². The van der Waals surface area contributed by atoms with Gasteiger partial charge in [-0.25, -0.2) is 0 Å². The molecule has 2 aliphatic heterocycles. The number of piperazine rings is 1. The lowest BCUT2D eigenvalue weighted by Gasteiger charge is -2.38. The van der Waals surface area contributed by atoms with Crippen LogP contribution in [0.4, 0.5) is 0 Å². The Hall–Kier alpha value is -1.99. The van der Waals surface area contributed by atoms with Crippen molar-refractivity contribution < 1.29 is 9.59 Å². The number of carbonyl (C=O) groups excluding carboxylic acids is 2. The van der Waals surface area contributed by atoms with Crippen LogP contribution in [0.5, 0.6) is 0 Å². The smallest absolute Gasteiger partial charge is 0.270 e. The normalized spacial score (nSPS) is 21.5. The van der Waals surface area contributed by atoms with Crippen molar-refractivity contribution in [1.82, 2.24) is 19.7 Å². The summed E-state index contributed by atoms with van der Waals surface area (Å²) in [6.07, 6.45) is 5.33. The number of nitrogens with zero attached hydrogens (tertiary/aromatic N) is 3. The first-order valence-corrected chi connectivity index (χ1v) is 12.4. The molecule has 1 aromatic heterocycles. The number of hydrogen-bond acceptors (Lipinski definition) is 4. The number of fused-ring (bicyclic) bond motifs is 1. The van der Waals surface area contributed by atoms with Crippen molar-refractivity contribution in [3.8, 4) is 0 Å². The molecule has 3 aliphatic rings. The summed E-state index contributed by atoms with van der Waals surface area (Å²) in [7, 11) is 0. The number of benzene rings is 1. The van der Waals surface area contributed by atoms with Gasteiger partial charge < -0.3 is 14.8 Å². The van der Waals surface area contributed by atoms with E-state index in [2.05, 4.69) is 9.88 Å². The summed E-state index contributed by atoms with van der Waals surface area (Å²) in [5, 5.41) is 0.931. The second-order valence-electron chi connectivity index (χ2n) is 8.66. The number of hydrogen-bond donors (Lipinski definition) is 1. The zero-order valence-corrected chi connectivity index (χ0v) is 18.3. The first-order valence-electron chi connectivity index (χ1n) is 11.2. The van der Waals surface area contributed by atoms with Crippen LogP contribution in [0.25, 0.3) is 10.9 Å². The van der Waals surface area contributed by atoms with Gasteiger partial charge in [0.25, 0.3) is 11.8 Å². The zero-order valence-electron chi connectivity index (χ0n) is 17.4. The van der Waals surface area contributed by atoms with Crippen LogP contribution in [0.1, 0.15) is 46.5 Å². The fraction of sp³-hybridized carbons (Fsp3) is 0.565. The maximum absolute atomic E-state index is 13.1. The molecule has 3 heterocycles. The molecule has 1 N–H and O–H groups in total. The number of rotatable bonds is 3. The number of thioether (sulfide) groups is 1. The molecule has 0 radical (unpaired) electrons. The van der Waals surface area contributed by atoms with Gasteiger partial charge in [-0.3, -0.25) is 14.5 Å². The molecule has 2 aromatic rings. The lowest BCUT2D eigenvalue weighted by atomic mass is 10.1. The molecule has 0 unspecified atom stereocenters. The summed E-state index contributed by atoms with van der Waals surface area (Å²) in [6, 6.07) is 8.37. The summed E-state index contributed by atoms with van der Waals surface area (Å²) in [5.41, 5.74) is 2.24. The van der Waals surface area contributed by atoms with Crippen molar-refractivity contribution in [2.75, 3.05) is 50.8 Å². The predicted octanol–water partition coefficient (Wildman–Crippen LogP) is 3.06. The molecule has 0 atom stereocenters. The Morgan fingerprint density at radius 2 is 1.57 bits per heavy atom.